The third-order valence-corrected chi connectivity index (χ3v) is 3.92. The van der Waals surface area contributed by atoms with E-state index < -0.39 is 0 Å². The van der Waals surface area contributed by atoms with E-state index >= 15 is 0 Å². The third kappa shape index (κ3) is 3.90. The fourth-order valence-electron chi connectivity index (χ4n) is 2.89. The van der Waals surface area contributed by atoms with Crippen LogP contribution < -0.4 is 10.1 Å². The molecular weight excluding hydrogens is 238 g/mol. The Hall–Kier alpha value is -1.16. The van der Waals surface area contributed by atoms with Crippen LogP contribution >= 0.6 is 0 Å². The molecule has 0 aromatic carbocycles. The summed E-state index contributed by atoms with van der Waals surface area (Å²) in [6, 6.07) is 4.30. The van der Waals surface area contributed by atoms with Gasteiger partial charge in [0, 0.05) is 6.07 Å². The molecule has 1 aliphatic rings. The number of methoxy groups -OCH3 is 1. The van der Waals surface area contributed by atoms with Crippen LogP contribution in [0.15, 0.2) is 12.1 Å². The van der Waals surface area contributed by atoms with E-state index in [0.29, 0.717) is 17.8 Å². The Morgan fingerprint density at radius 1 is 1.26 bits per heavy atom. The molecule has 1 unspecified atom stereocenters. The van der Waals surface area contributed by atoms with Crippen LogP contribution in [-0.2, 0) is 0 Å². The van der Waals surface area contributed by atoms with E-state index in [0.717, 1.165) is 18.7 Å². The van der Waals surface area contributed by atoms with Crippen LogP contribution in [0, 0.1) is 5.92 Å². The van der Waals surface area contributed by atoms with Crippen molar-refractivity contribution in [3.8, 4) is 5.88 Å². The first-order valence-electron chi connectivity index (χ1n) is 7.46. The van der Waals surface area contributed by atoms with Gasteiger partial charge < -0.3 is 10.1 Å². The second-order valence-corrected chi connectivity index (χ2v) is 5.33. The van der Waals surface area contributed by atoms with Crippen molar-refractivity contribution >= 4 is 0 Å². The molecule has 4 heteroatoms. The molecule has 0 amide bonds. The molecule has 1 aromatic heterocycles. The molecule has 106 valence electrons. The number of hydrogen-bond acceptors (Lipinski definition) is 4. The summed E-state index contributed by atoms with van der Waals surface area (Å²) in [6.45, 7) is 3.24. The number of nitrogens with zero attached hydrogens (tertiary/aromatic N) is 2. The van der Waals surface area contributed by atoms with Gasteiger partial charge in [-0.3, -0.25) is 0 Å². The van der Waals surface area contributed by atoms with Crippen LogP contribution in [-0.4, -0.2) is 23.9 Å². The highest BCUT2D eigenvalue weighted by atomic mass is 16.5. The predicted octanol–water partition coefficient (Wildman–Crippen LogP) is 3.11. The lowest BCUT2D eigenvalue weighted by molar-refractivity contribution is 0.266. The maximum Gasteiger partial charge on any atom is 0.233 e. The van der Waals surface area contributed by atoms with Gasteiger partial charge in [-0.2, -0.15) is 5.10 Å². The standard InChI is InChI=1S/C15H25N3O/c1-3-11-16-15(12-7-5-4-6-8-12)13-9-10-14(19-2)18-17-13/h9-10,12,15-16H,3-8,11H2,1-2H3. The molecule has 0 spiro atoms. The highest BCUT2D eigenvalue weighted by molar-refractivity contribution is 5.15. The van der Waals surface area contributed by atoms with Crippen molar-refractivity contribution in [2.45, 2.75) is 51.5 Å². The summed E-state index contributed by atoms with van der Waals surface area (Å²) < 4.78 is 5.08. The first kappa shape index (κ1) is 14.3. The molecule has 0 aliphatic heterocycles. The number of nitrogens with one attached hydrogen (secondary N) is 1. The average molecular weight is 263 g/mol. The number of hydrogen-bond donors (Lipinski definition) is 1. The SMILES string of the molecule is CCCNC(c1ccc(OC)nn1)C1CCCCC1. The molecule has 1 fully saturated rings. The van der Waals surface area contributed by atoms with Crippen LogP contribution in [0.25, 0.3) is 0 Å². The molecule has 0 radical (unpaired) electrons. The fraction of sp³-hybridized carbons (Fsp3) is 0.733. The maximum atomic E-state index is 5.08. The van der Waals surface area contributed by atoms with Crippen molar-refractivity contribution in [2.75, 3.05) is 13.7 Å². The summed E-state index contributed by atoms with van der Waals surface area (Å²) in [5.74, 6) is 1.28. The normalized spacial score (nSPS) is 18.2. The van der Waals surface area contributed by atoms with Gasteiger partial charge in [0.05, 0.1) is 18.8 Å². The molecule has 4 nitrogen and oxygen atoms in total. The van der Waals surface area contributed by atoms with Gasteiger partial charge in [0.1, 0.15) is 0 Å². The Kier molecular flexibility index (Phi) is 5.58. The van der Waals surface area contributed by atoms with Gasteiger partial charge in [0.25, 0.3) is 0 Å². The van der Waals surface area contributed by atoms with Gasteiger partial charge in [-0.1, -0.05) is 26.2 Å². The molecule has 0 saturated heterocycles. The van der Waals surface area contributed by atoms with Crippen molar-refractivity contribution in [1.82, 2.24) is 15.5 Å². The molecule has 1 heterocycles. The highest BCUT2D eigenvalue weighted by Crippen LogP contribution is 2.33. The summed E-state index contributed by atoms with van der Waals surface area (Å²) in [6.07, 6.45) is 7.82. The van der Waals surface area contributed by atoms with Gasteiger partial charge in [-0.05, 0) is 37.8 Å². The van der Waals surface area contributed by atoms with Crippen LogP contribution in [0.4, 0.5) is 0 Å². The summed E-state index contributed by atoms with van der Waals surface area (Å²) in [5.41, 5.74) is 1.06. The van der Waals surface area contributed by atoms with Crippen LogP contribution in [0.5, 0.6) is 5.88 Å². The van der Waals surface area contributed by atoms with Gasteiger partial charge >= 0.3 is 0 Å². The predicted molar refractivity (Wildman–Crippen MR) is 76.2 cm³/mol. The summed E-state index contributed by atoms with van der Waals surface area (Å²) in [7, 11) is 1.62. The average Bonchev–Trinajstić information content (AvgIpc) is 2.49. The Morgan fingerprint density at radius 3 is 2.63 bits per heavy atom. The number of aromatic nitrogens is 2. The second-order valence-electron chi connectivity index (χ2n) is 5.33. The Morgan fingerprint density at radius 2 is 2.05 bits per heavy atom. The van der Waals surface area contributed by atoms with E-state index in [9.17, 15) is 0 Å². The summed E-state index contributed by atoms with van der Waals surface area (Å²) in [4.78, 5) is 0. The van der Waals surface area contributed by atoms with E-state index in [-0.39, 0.29) is 0 Å². The molecule has 1 aromatic rings. The minimum atomic E-state index is 0.346. The summed E-state index contributed by atoms with van der Waals surface area (Å²) in [5, 5.41) is 12.1. The molecule has 2 rings (SSSR count). The third-order valence-electron chi connectivity index (χ3n) is 3.92. The summed E-state index contributed by atoms with van der Waals surface area (Å²) >= 11 is 0. The van der Waals surface area contributed by atoms with Gasteiger partial charge in [0.2, 0.25) is 5.88 Å². The van der Waals surface area contributed by atoms with Gasteiger partial charge in [-0.25, -0.2) is 0 Å². The van der Waals surface area contributed by atoms with Crippen molar-refractivity contribution in [1.29, 1.82) is 0 Å². The minimum absolute atomic E-state index is 0.346. The molecule has 19 heavy (non-hydrogen) atoms. The van der Waals surface area contributed by atoms with E-state index in [1.807, 2.05) is 12.1 Å². The Bertz CT molecular complexity index is 360. The fourth-order valence-corrected chi connectivity index (χ4v) is 2.89. The lowest BCUT2D eigenvalue weighted by Crippen LogP contribution is -2.31. The first-order valence-corrected chi connectivity index (χ1v) is 7.46. The maximum absolute atomic E-state index is 5.08. The quantitative estimate of drug-likeness (QED) is 0.856. The lowest BCUT2D eigenvalue weighted by atomic mass is 9.82. The molecule has 1 N–H and O–H groups in total. The Balaban J connectivity index is 2.10. The van der Waals surface area contributed by atoms with E-state index in [2.05, 4.69) is 22.4 Å². The van der Waals surface area contributed by atoms with Crippen molar-refractivity contribution in [3.05, 3.63) is 17.8 Å². The van der Waals surface area contributed by atoms with E-state index in [4.69, 9.17) is 4.74 Å². The zero-order chi connectivity index (χ0) is 13.5. The minimum Gasteiger partial charge on any atom is -0.480 e. The second kappa shape index (κ2) is 7.43. The topological polar surface area (TPSA) is 47.0 Å². The van der Waals surface area contributed by atoms with E-state index in [1.165, 1.54) is 32.1 Å². The largest absolute Gasteiger partial charge is 0.480 e. The zero-order valence-corrected chi connectivity index (χ0v) is 12.1. The number of rotatable bonds is 6. The zero-order valence-electron chi connectivity index (χ0n) is 12.1. The van der Waals surface area contributed by atoms with E-state index in [1.54, 1.807) is 7.11 Å². The van der Waals surface area contributed by atoms with Crippen molar-refractivity contribution in [2.24, 2.45) is 5.92 Å². The smallest absolute Gasteiger partial charge is 0.233 e. The van der Waals surface area contributed by atoms with Crippen LogP contribution in [0.1, 0.15) is 57.2 Å². The van der Waals surface area contributed by atoms with Crippen molar-refractivity contribution in [3.63, 3.8) is 0 Å². The lowest BCUT2D eigenvalue weighted by Gasteiger charge is -2.30. The van der Waals surface area contributed by atoms with Crippen LogP contribution in [0.3, 0.4) is 0 Å². The van der Waals surface area contributed by atoms with Crippen molar-refractivity contribution < 1.29 is 4.74 Å². The molecule has 0 bridgehead atoms. The van der Waals surface area contributed by atoms with Gasteiger partial charge in [-0.15, -0.1) is 5.10 Å². The molecular formula is C15H25N3O. The van der Waals surface area contributed by atoms with Gasteiger partial charge in [0.15, 0.2) is 0 Å². The molecule has 1 saturated carbocycles. The van der Waals surface area contributed by atoms with Crippen LogP contribution in [0.2, 0.25) is 0 Å². The molecule has 1 atom stereocenters. The Labute approximate surface area is 116 Å². The number of ether oxygens (including phenoxy) is 1. The highest BCUT2D eigenvalue weighted by Gasteiger charge is 2.25. The molecule has 1 aliphatic carbocycles. The first-order chi connectivity index (χ1) is 9.35. The monoisotopic (exact) mass is 263 g/mol.